The van der Waals surface area contributed by atoms with Gasteiger partial charge in [0.2, 0.25) is 0 Å². The number of ether oxygens (including phenoxy) is 1. The van der Waals surface area contributed by atoms with Crippen LogP contribution in [0.4, 0.5) is 14.5 Å². The minimum absolute atomic E-state index is 0.0141. The molecule has 6 heteroatoms. The van der Waals surface area contributed by atoms with E-state index in [-0.39, 0.29) is 11.8 Å². The van der Waals surface area contributed by atoms with Crippen molar-refractivity contribution >= 4 is 5.69 Å². The number of nitrogen functional groups attached to an aromatic ring is 1. The van der Waals surface area contributed by atoms with Crippen LogP contribution in [0.3, 0.4) is 0 Å². The zero-order valence-corrected chi connectivity index (χ0v) is 8.02. The molecule has 0 bridgehead atoms. The van der Waals surface area contributed by atoms with Crippen LogP contribution in [0.15, 0.2) is 30.6 Å². The van der Waals surface area contributed by atoms with Crippen LogP contribution in [0.1, 0.15) is 0 Å². The van der Waals surface area contributed by atoms with Crippen LogP contribution >= 0.6 is 0 Å². The molecule has 0 fully saturated rings. The first-order chi connectivity index (χ1) is 7.65. The summed E-state index contributed by atoms with van der Waals surface area (Å²) >= 11 is 0. The molecule has 0 saturated heterocycles. The number of nitrogens with two attached hydrogens (primary N) is 1. The predicted octanol–water partition coefficient (Wildman–Crippen LogP) is 2.13. The van der Waals surface area contributed by atoms with Crippen LogP contribution in [0.25, 0.3) is 0 Å². The van der Waals surface area contributed by atoms with Crippen molar-refractivity contribution in [1.82, 2.24) is 9.97 Å². The molecule has 0 aliphatic heterocycles. The molecule has 0 amide bonds. The molecule has 0 spiro atoms. The van der Waals surface area contributed by atoms with Gasteiger partial charge in [-0.2, -0.15) is 0 Å². The standard InChI is InChI=1S/C10H7F2N3O/c11-8-2-1-7(3-9(8)12)16-10-14-4-6(13)5-15-10/h1-5H,13H2. The monoisotopic (exact) mass is 223 g/mol. The number of nitrogens with zero attached hydrogens (tertiary/aromatic N) is 2. The zero-order valence-electron chi connectivity index (χ0n) is 8.02. The van der Waals surface area contributed by atoms with Gasteiger partial charge in [-0.1, -0.05) is 0 Å². The van der Waals surface area contributed by atoms with Gasteiger partial charge in [0.15, 0.2) is 11.6 Å². The summed E-state index contributed by atoms with van der Waals surface area (Å²) in [4.78, 5) is 7.50. The van der Waals surface area contributed by atoms with Gasteiger partial charge < -0.3 is 10.5 Å². The second-order valence-electron chi connectivity index (χ2n) is 2.98. The molecule has 1 aromatic carbocycles. The van der Waals surface area contributed by atoms with E-state index in [2.05, 4.69) is 9.97 Å². The zero-order chi connectivity index (χ0) is 11.5. The smallest absolute Gasteiger partial charge is 0.322 e. The highest BCUT2D eigenvalue weighted by molar-refractivity contribution is 5.32. The third-order valence-electron chi connectivity index (χ3n) is 1.75. The Labute approximate surface area is 89.7 Å². The third kappa shape index (κ3) is 2.22. The van der Waals surface area contributed by atoms with Gasteiger partial charge in [0.25, 0.3) is 0 Å². The van der Waals surface area contributed by atoms with E-state index in [1.54, 1.807) is 0 Å². The van der Waals surface area contributed by atoms with Gasteiger partial charge in [0, 0.05) is 6.07 Å². The molecule has 82 valence electrons. The van der Waals surface area contributed by atoms with E-state index in [0.29, 0.717) is 5.69 Å². The van der Waals surface area contributed by atoms with Crippen molar-refractivity contribution in [2.45, 2.75) is 0 Å². The van der Waals surface area contributed by atoms with Crippen molar-refractivity contribution in [1.29, 1.82) is 0 Å². The van der Waals surface area contributed by atoms with Crippen molar-refractivity contribution in [2.24, 2.45) is 0 Å². The van der Waals surface area contributed by atoms with E-state index in [4.69, 9.17) is 10.5 Å². The molecular weight excluding hydrogens is 216 g/mol. The van der Waals surface area contributed by atoms with Crippen molar-refractivity contribution in [3.8, 4) is 11.8 Å². The largest absolute Gasteiger partial charge is 0.424 e. The highest BCUT2D eigenvalue weighted by atomic mass is 19.2. The summed E-state index contributed by atoms with van der Waals surface area (Å²) in [6.45, 7) is 0. The van der Waals surface area contributed by atoms with Gasteiger partial charge in [-0.05, 0) is 12.1 Å². The van der Waals surface area contributed by atoms with Crippen LogP contribution < -0.4 is 10.5 Å². The number of benzene rings is 1. The van der Waals surface area contributed by atoms with Gasteiger partial charge in [-0.25, -0.2) is 18.7 Å². The van der Waals surface area contributed by atoms with Crippen molar-refractivity contribution in [3.63, 3.8) is 0 Å². The van der Waals surface area contributed by atoms with Crippen LogP contribution in [0.2, 0.25) is 0 Å². The van der Waals surface area contributed by atoms with E-state index in [0.717, 1.165) is 12.1 Å². The van der Waals surface area contributed by atoms with Gasteiger partial charge >= 0.3 is 6.01 Å². The second kappa shape index (κ2) is 4.09. The van der Waals surface area contributed by atoms with Crippen molar-refractivity contribution < 1.29 is 13.5 Å². The van der Waals surface area contributed by atoms with Crippen LogP contribution in [0.5, 0.6) is 11.8 Å². The minimum atomic E-state index is -0.993. The van der Waals surface area contributed by atoms with E-state index in [1.165, 1.54) is 18.5 Å². The highest BCUT2D eigenvalue weighted by Gasteiger charge is 2.05. The number of aromatic nitrogens is 2. The summed E-state index contributed by atoms with van der Waals surface area (Å²) in [5.74, 6) is -1.82. The first-order valence-electron chi connectivity index (χ1n) is 4.35. The molecule has 0 aliphatic rings. The molecule has 4 nitrogen and oxygen atoms in total. The van der Waals surface area contributed by atoms with Crippen LogP contribution in [-0.2, 0) is 0 Å². The maximum absolute atomic E-state index is 12.8. The lowest BCUT2D eigenvalue weighted by Crippen LogP contribution is -1.94. The Kier molecular flexibility index (Phi) is 2.63. The number of hydrogen-bond acceptors (Lipinski definition) is 4. The summed E-state index contributed by atoms with van der Waals surface area (Å²) in [6.07, 6.45) is 2.70. The average molecular weight is 223 g/mol. The molecule has 2 N–H and O–H groups in total. The summed E-state index contributed by atoms with van der Waals surface area (Å²) in [7, 11) is 0. The Morgan fingerprint density at radius 1 is 1.06 bits per heavy atom. The van der Waals surface area contributed by atoms with E-state index >= 15 is 0 Å². The number of hydrogen-bond donors (Lipinski definition) is 1. The Hall–Kier alpha value is -2.24. The SMILES string of the molecule is Nc1cnc(Oc2ccc(F)c(F)c2)nc1. The van der Waals surface area contributed by atoms with E-state index in [1.807, 2.05) is 0 Å². The fourth-order valence-electron chi connectivity index (χ4n) is 1.02. The number of halogens is 2. The third-order valence-corrected chi connectivity index (χ3v) is 1.75. The average Bonchev–Trinajstić information content (AvgIpc) is 2.27. The molecule has 16 heavy (non-hydrogen) atoms. The van der Waals surface area contributed by atoms with E-state index < -0.39 is 11.6 Å². The summed E-state index contributed by atoms with van der Waals surface area (Å²) in [6, 6.07) is 3.16. The lowest BCUT2D eigenvalue weighted by molar-refractivity contribution is 0.431. The van der Waals surface area contributed by atoms with Gasteiger partial charge in [-0.3, -0.25) is 0 Å². The molecule has 0 atom stereocenters. The van der Waals surface area contributed by atoms with Gasteiger partial charge in [0.05, 0.1) is 18.1 Å². The van der Waals surface area contributed by atoms with Gasteiger partial charge in [-0.15, -0.1) is 0 Å². The first kappa shape index (κ1) is 10.3. The topological polar surface area (TPSA) is 61.0 Å². The van der Waals surface area contributed by atoms with Gasteiger partial charge in [0.1, 0.15) is 5.75 Å². The maximum atomic E-state index is 12.8. The summed E-state index contributed by atoms with van der Waals surface area (Å²) in [5.41, 5.74) is 5.76. The molecule has 0 radical (unpaired) electrons. The summed E-state index contributed by atoms with van der Waals surface area (Å²) in [5, 5.41) is 0. The Morgan fingerprint density at radius 2 is 1.75 bits per heavy atom. The van der Waals surface area contributed by atoms with Crippen LogP contribution in [-0.4, -0.2) is 9.97 Å². The lowest BCUT2D eigenvalue weighted by atomic mass is 10.3. The lowest BCUT2D eigenvalue weighted by Gasteiger charge is -2.03. The maximum Gasteiger partial charge on any atom is 0.322 e. The fraction of sp³-hybridized carbons (Fsp3) is 0. The minimum Gasteiger partial charge on any atom is -0.424 e. The Morgan fingerprint density at radius 3 is 2.38 bits per heavy atom. The summed E-state index contributed by atoms with van der Waals surface area (Å²) < 4.78 is 30.5. The second-order valence-corrected chi connectivity index (χ2v) is 2.98. The van der Waals surface area contributed by atoms with Crippen LogP contribution in [0, 0.1) is 11.6 Å². The molecule has 0 unspecified atom stereocenters. The molecule has 2 rings (SSSR count). The normalized spacial score (nSPS) is 10.1. The quantitative estimate of drug-likeness (QED) is 0.847. The van der Waals surface area contributed by atoms with E-state index in [9.17, 15) is 8.78 Å². The molecule has 2 aromatic rings. The number of anilines is 1. The number of rotatable bonds is 2. The Bertz CT molecular complexity index is 502. The molecular formula is C10H7F2N3O. The molecule has 0 saturated carbocycles. The highest BCUT2D eigenvalue weighted by Crippen LogP contribution is 2.20. The first-order valence-corrected chi connectivity index (χ1v) is 4.35. The fourth-order valence-corrected chi connectivity index (χ4v) is 1.02. The Balaban J connectivity index is 2.20. The molecule has 0 aliphatic carbocycles. The predicted molar refractivity (Wildman–Crippen MR) is 52.9 cm³/mol. The van der Waals surface area contributed by atoms with Crippen molar-refractivity contribution in [3.05, 3.63) is 42.2 Å². The molecule has 1 aromatic heterocycles. The molecule has 1 heterocycles. The van der Waals surface area contributed by atoms with Crippen molar-refractivity contribution in [2.75, 3.05) is 5.73 Å².